The Hall–Kier alpha value is -1.53. The Labute approximate surface area is 155 Å². The summed E-state index contributed by atoms with van der Waals surface area (Å²) >= 11 is 12.4. The van der Waals surface area contributed by atoms with Crippen LogP contribution in [0.3, 0.4) is 0 Å². The molecule has 5 rings (SSSR count). The summed E-state index contributed by atoms with van der Waals surface area (Å²) in [6.07, 6.45) is 6.13. The van der Waals surface area contributed by atoms with E-state index in [0.29, 0.717) is 34.8 Å². The Morgan fingerprint density at radius 3 is 2.76 bits per heavy atom. The molecule has 2 atom stereocenters. The summed E-state index contributed by atoms with van der Waals surface area (Å²) in [7, 11) is 0. The molecule has 0 radical (unpaired) electrons. The highest BCUT2D eigenvalue weighted by Gasteiger charge is 2.48. The number of aromatic nitrogens is 3. The minimum atomic E-state index is -0.157. The highest BCUT2D eigenvalue weighted by Crippen LogP contribution is 2.47. The van der Waals surface area contributed by atoms with Gasteiger partial charge in [0.05, 0.1) is 17.5 Å². The van der Waals surface area contributed by atoms with Gasteiger partial charge in [0.25, 0.3) is 0 Å². The van der Waals surface area contributed by atoms with Crippen LogP contribution in [0, 0.1) is 17.8 Å². The zero-order valence-corrected chi connectivity index (χ0v) is 15.4. The average molecular weight is 383 g/mol. The molecule has 0 unspecified atom stereocenters. The van der Waals surface area contributed by atoms with Gasteiger partial charge in [-0.1, -0.05) is 11.6 Å². The molecule has 0 spiro atoms. The van der Waals surface area contributed by atoms with Crippen molar-refractivity contribution in [1.29, 1.82) is 0 Å². The lowest BCUT2D eigenvalue weighted by Crippen LogP contribution is -2.52. The fourth-order valence-corrected chi connectivity index (χ4v) is 4.85. The molecule has 3 aliphatic rings. The van der Waals surface area contributed by atoms with Gasteiger partial charge in [0, 0.05) is 12.2 Å². The predicted molar refractivity (Wildman–Crippen MR) is 96.0 cm³/mol. The summed E-state index contributed by atoms with van der Waals surface area (Å²) in [5.41, 5.74) is 0.676. The zero-order chi connectivity index (χ0) is 17.6. The first-order valence-electron chi connectivity index (χ1n) is 8.72. The van der Waals surface area contributed by atoms with Crippen LogP contribution in [0.4, 0.5) is 5.82 Å². The molecule has 3 fully saturated rings. The molecule has 25 heavy (non-hydrogen) atoms. The number of hydrogen-bond donors (Lipinski definition) is 1. The molecular weight excluding hydrogens is 363 g/mol. The molecule has 3 aliphatic carbocycles. The maximum atomic E-state index is 12.6. The molecule has 6 nitrogen and oxygen atoms in total. The van der Waals surface area contributed by atoms with Gasteiger partial charge in [-0.05, 0) is 62.1 Å². The van der Waals surface area contributed by atoms with Crippen LogP contribution < -0.4 is 5.32 Å². The second-order valence-electron chi connectivity index (χ2n) is 6.81. The van der Waals surface area contributed by atoms with Gasteiger partial charge in [0.15, 0.2) is 5.82 Å². The molecule has 0 saturated heterocycles. The van der Waals surface area contributed by atoms with Crippen LogP contribution in [0.25, 0.3) is 5.52 Å². The van der Waals surface area contributed by atoms with E-state index in [2.05, 4.69) is 15.4 Å². The molecule has 134 valence electrons. The van der Waals surface area contributed by atoms with Crippen molar-refractivity contribution in [1.82, 2.24) is 14.6 Å². The third kappa shape index (κ3) is 2.95. The van der Waals surface area contributed by atoms with E-state index < -0.39 is 0 Å². The van der Waals surface area contributed by atoms with Gasteiger partial charge in [-0.15, -0.1) is 5.10 Å². The number of rotatable bonds is 4. The number of halogens is 2. The van der Waals surface area contributed by atoms with E-state index in [4.69, 9.17) is 27.9 Å². The minimum absolute atomic E-state index is 0.0210. The number of fused-ring (bicyclic) bond motifs is 4. The normalized spacial score (nSPS) is 28.3. The Bertz CT molecular complexity index is 801. The Balaban J connectivity index is 1.71. The smallest absolute Gasteiger partial charge is 0.311 e. The van der Waals surface area contributed by atoms with E-state index in [-0.39, 0.29) is 23.2 Å². The zero-order valence-electron chi connectivity index (χ0n) is 13.9. The SMILES string of the molecule is CCOC(=O)[C@@H]1C2CCC(CC2)[C@H]1Nc1nc(Cl)nn2ccc(Cl)c12. The van der Waals surface area contributed by atoms with Crippen molar-refractivity contribution < 1.29 is 9.53 Å². The van der Waals surface area contributed by atoms with Crippen LogP contribution in [0.5, 0.6) is 0 Å². The lowest BCUT2D eigenvalue weighted by Gasteiger charge is -2.47. The van der Waals surface area contributed by atoms with E-state index in [1.165, 1.54) is 0 Å². The number of ether oxygens (including phenoxy) is 1. The largest absolute Gasteiger partial charge is 0.466 e. The van der Waals surface area contributed by atoms with E-state index in [1.54, 1.807) is 16.8 Å². The van der Waals surface area contributed by atoms with Crippen molar-refractivity contribution in [3.05, 3.63) is 22.6 Å². The second kappa shape index (κ2) is 6.65. The van der Waals surface area contributed by atoms with E-state index in [9.17, 15) is 4.79 Å². The van der Waals surface area contributed by atoms with Crippen LogP contribution in [-0.2, 0) is 9.53 Å². The number of nitrogens with zero attached hydrogens (tertiary/aromatic N) is 3. The van der Waals surface area contributed by atoms with Gasteiger partial charge in [-0.2, -0.15) is 4.98 Å². The maximum Gasteiger partial charge on any atom is 0.311 e. The molecule has 0 aromatic carbocycles. The third-order valence-electron chi connectivity index (χ3n) is 5.52. The molecule has 1 N–H and O–H groups in total. The first kappa shape index (κ1) is 16.9. The number of anilines is 1. The quantitative estimate of drug-likeness (QED) is 0.813. The van der Waals surface area contributed by atoms with Crippen molar-refractivity contribution >= 4 is 40.5 Å². The van der Waals surface area contributed by atoms with Gasteiger partial charge in [-0.3, -0.25) is 4.79 Å². The van der Waals surface area contributed by atoms with Crippen molar-refractivity contribution in [2.75, 3.05) is 11.9 Å². The lowest BCUT2D eigenvalue weighted by atomic mass is 9.61. The van der Waals surface area contributed by atoms with Crippen LogP contribution in [0.15, 0.2) is 12.3 Å². The van der Waals surface area contributed by atoms with E-state index >= 15 is 0 Å². The molecule has 2 aromatic rings. The summed E-state index contributed by atoms with van der Waals surface area (Å²) in [6.45, 7) is 2.24. The molecule has 8 heteroatoms. The van der Waals surface area contributed by atoms with Gasteiger partial charge in [0.2, 0.25) is 5.28 Å². The summed E-state index contributed by atoms with van der Waals surface area (Å²) in [5.74, 6) is 1.07. The predicted octanol–water partition coefficient (Wildman–Crippen LogP) is 3.82. The topological polar surface area (TPSA) is 68.5 Å². The minimum Gasteiger partial charge on any atom is -0.466 e. The standard InChI is InChI=1S/C17H20Cl2N4O2/c1-2-25-16(24)12-9-3-5-10(6-4-9)13(12)20-15-14-11(18)7-8-23(14)22-17(19)21-15/h7-10,12-13H,2-6H2,1H3,(H,20,21,22)/t9?,10?,12-,13-/m1/s1. The number of nitrogens with one attached hydrogen (secondary N) is 1. The fourth-order valence-electron chi connectivity index (χ4n) is 4.45. The second-order valence-corrected chi connectivity index (χ2v) is 7.55. The number of esters is 1. The van der Waals surface area contributed by atoms with Crippen molar-refractivity contribution in [3.63, 3.8) is 0 Å². The summed E-state index contributed by atoms with van der Waals surface area (Å²) in [4.78, 5) is 16.9. The Morgan fingerprint density at radius 2 is 2.04 bits per heavy atom. The Kier molecular flexibility index (Phi) is 4.50. The van der Waals surface area contributed by atoms with E-state index in [0.717, 1.165) is 25.7 Å². The molecule has 2 aromatic heterocycles. The molecule has 2 heterocycles. The van der Waals surface area contributed by atoms with Crippen molar-refractivity contribution in [3.8, 4) is 0 Å². The number of hydrogen-bond acceptors (Lipinski definition) is 5. The lowest BCUT2D eigenvalue weighted by molar-refractivity contribution is -0.154. The molecule has 0 amide bonds. The number of carbonyl (C=O) groups excluding carboxylic acids is 1. The number of carbonyl (C=O) groups is 1. The summed E-state index contributed by atoms with van der Waals surface area (Å²) in [5, 5.41) is 8.29. The van der Waals surface area contributed by atoms with Crippen LogP contribution in [0.1, 0.15) is 32.6 Å². The average Bonchev–Trinajstić information content (AvgIpc) is 2.97. The van der Waals surface area contributed by atoms with Crippen molar-refractivity contribution in [2.45, 2.75) is 38.6 Å². The highest BCUT2D eigenvalue weighted by molar-refractivity contribution is 6.34. The highest BCUT2D eigenvalue weighted by atomic mass is 35.5. The molecular formula is C17H20Cl2N4O2. The van der Waals surface area contributed by atoms with E-state index in [1.807, 2.05) is 6.92 Å². The molecule has 2 bridgehead atoms. The molecule has 3 saturated carbocycles. The van der Waals surface area contributed by atoms with Crippen LogP contribution in [-0.4, -0.2) is 33.2 Å². The van der Waals surface area contributed by atoms with Crippen LogP contribution >= 0.6 is 23.2 Å². The third-order valence-corrected chi connectivity index (χ3v) is 5.98. The van der Waals surface area contributed by atoms with Crippen molar-refractivity contribution in [2.24, 2.45) is 17.8 Å². The summed E-state index contributed by atoms with van der Waals surface area (Å²) < 4.78 is 6.96. The van der Waals surface area contributed by atoms with Gasteiger partial charge < -0.3 is 10.1 Å². The monoisotopic (exact) mass is 382 g/mol. The van der Waals surface area contributed by atoms with Gasteiger partial charge in [-0.25, -0.2) is 4.52 Å². The fraction of sp³-hybridized carbons (Fsp3) is 0.588. The maximum absolute atomic E-state index is 12.6. The Morgan fingerprint density at radius 1 is 1.32 bits per heavy atom. The van der Waals surface area contributed by atoms with Crippen LogP contribution in [0.2, 0.25) is 10.3 Å². The first-order valence-corrected chi connectivity index (χ1v) is 9.47. The first-order chi connectivity index (χ1) is 12.1. The van der Waals surface area contributed by atoms with Gasteiger partial charge >= 0.3 is 5.97 Å². The summed E-state index contributed by atoms with van der Waals surface area (Å²) in [6, 6.07) is 1.73. The van der Waals surface area contributed by atoms with Gasteiger partial charge in [0.1, 0.15) is 5.52 Å². The molecule has 0 aliphatic heterocycles.